The molecule has 114 valence electrons. The van der Waals surface area contributed by atoms with Gasteiger partial charge >= 0.3 is 0 Å². The number of amides is 1. The van der Waals surface area contributed by atoms with E-state index in [9.17, 15) is 4.79 Å². The second-order valence-electron chi connectivity index (χ2n) is 5.01. The van der Waals surface area contributed by atoms with E-state index in [1.165, 1.54) is 0 Å². The minimum absolute atomic E-state index is 0.109. The number of hydrogen-bond donors (Lipinski definition) is 1. The Morgan fingerprint density at radius 2 is 2.09 bits per heavy atom. The molecule has 7 heteroatoms. The van der Waals surface area contributed by atoms with Gasteiger partial charge in [0, 0.05) is 44.9 Å². The van der Waals surface area contributed by atoms with Crippen molar-refractivity contribution in [1.29, 1.82) is 0 Å². The summed E-state index contributed by atoms with van der Waals surface area (Å²) in [4.78, 5) is 16.3. The Balaban J connectivity index is 1.61. The molecule has 3 rings (SSSR count). The zero-order valence-electron chi connectivity index (χ0n) is 12.4. The monoisotopic (exact) mass is 298 g/mol. The van der Waals surface area contributed by atoms with Gasteiger partial charge in [0.05, 0.1) is 12.5 Å². The van der Waals surface area contributed by atoms with Crippen molar-refractivity contribution in [3.05, 3.63) is 55.0 Å². The minimum Gasteiger partial charge on any atom is -0.352 e. The number of aromatic nitrogens is 5. The summed E-state index contributed by atoms with van der Waals surface area (Å²) in [5.41, 5.74) is 0.571. The van der Waals surface area contributed by atoms with Gasteiger partial charge in [0.2, 0.25) is 0 Å². The number of nitrogens with zero attached hydrogens (tertiary/aromatic N) is 5. The van der Waals surface area contributed by atoms with E-state index in [2.05, 4.69) is 15.4 Å². The third kappa shape index (κ3) is 2.93. The van der Waals surface area contributed by atoms with Crippen LogP contribution in [-0.4, -0.2) is 36.4 Å². The molecule has 0 aliphatic rings. The Bertz CT molecular complexity index is 726. The number of rotatable bonds is 6. The molecule has 0 unspecified atom stereocenters. The van der Waals surface area contributed by atoms with Crippen molar-refractivity contribution in [2.75, 3.05) is 6.54 Å². The Labute approximate surface area is 128 Å². The molecule has 0 aliphatic heterocycles. The van der Waals surface area contributed by atoms with E-state index in [1.807, 2.05) is 46.9 Å². The van der Waals surface area contributed by atoms with Crippen molar-refractivity contribution in [3.63, 3.8) is 0 Å². The van der Waals surface area contributed by atoms with E-state index >= 15 is 0 Å². The summed E-state index contributed by atoms with van der Waals surface area (Å²) in [6.45, 7) is 1.44. The Morgan fingerprint density at radius 3 is 2.82 bits per heavy atom. The quantitative estimate of drug-likeness (QED) is 0.696. The average Bonchev–Trinajstić information content (AvgIpc) is 3.24. The predicted octanol–water partition coefficient (Wildman–Crippen LogP) is 1.23. The lowest BCUT2D eigenvalue weighted by Crippen LogP contribution is -2.26. The van der Waals surface area contributed by atoms with E-state index < -0.39 is 0 Å². The lowest BCUT2D eigenvalue weighted by atomic mass is 10.3. The molecule has 3 heterocycles. The fourth-order valence-corrected chi connectivity index (χ4v) is 2.35. The summed E-state index contributed by atoms with van der Waals surface area (Å²) in [6.07, 6.45) is 11.7. The third-order valence-corrected chi connectivity index (χ3v) is 3.44. The highest BCUT2D eigenvalue weighted by Crippen LogP contribution is 2.13. The van der Waals surface area contributed by atoms with Gasteiger partial charge in [0.25, 0.3) is 5.91 Å². The SMILES string of the molecule is Cn1ncc(C(=O)NCCCn2ccnc2)c1-n1cccc1. The van der Waals surface area contributed by atoms with Gasteiger partial charge in [0.15, 0.2) is 0 Å². The maximum absolute atomic E-state index is 12.3. The third-order valence-electron chi connectivity index (χ3n) is 3.44. The normalized spacial score (nSPS) is 10.8. The van der Waals surface area contributed by atoms with Gasteiger partial charge in [-0.2, -0.15) is 5.10 Å². The van der Waals surface area contributed by atoms with Crippen molar-refractivity contribution in [2.45, 2.75) is 13.0 Å². The van der Waals surface area contributed by atoms with Gasteiger partial charge in [-0.15, -0.1) is 0 Å². The van der Waals surface area contributed by atoms with Gasteiger partial charge in [-0.05, 0) is 18.6 Å². The molecule has 3 aromatic rings. The fourth-order valence-electron chi connectivity index (χ4n) is 2.35. The van der Waals surface area contributed by atoms with Crippen molar-refractivity contribution >= 4 is 5.91 Å². The van der Waals surface area contributed by atoms with Gasteiger partial charge in [-0.25, -0.2) is 4.98 Å². The first-order valence-electron chi connectivity index (χ1n) is 7.15. The van der Waals surface area contributed by atoms with Crippen LogP contribution >= 0.6 is 0 Å². The number of carbonyl (C=O) groups is 1. The number of imidazole rings is 1. The molecular formula is C15H18N6O. The molecule has 7 nitrogen and oxygen atoms in total. The summed E-state index contributed by atoms with van der Waals surface area (Å²) in [5.74, 6) is 0.652. The highest BCUT2D eigenvalue weighted by atomic mass is 16.1. The van der Waals surface area contributed by atoms with E-state index in [4.69, 9.17) is 0 Å². The standard InChI is InChI=1S/C15H18N6O/c1-19-15(21-8-2-3-9-21)13(11-18-19)14(22)17-5-4-7-20-10-6-16-12-20/h2-3,6,8-12H,4-5,7H2,1H3,(H,17,22). The van der Waals surface area contributed by atoms with Crippen LogP contribution in [0.4, 0.5) is 0 Å². The Hall–Kier alpha value is -2.83. The molecular weight excluding hydrogens is 280 g/mol. The van der Waals surface area contributed by atoms with E-state index in [1.54, 1.807) is 23.4 Å². The number of carbonyl (C=O) groups excluding carboxylic acids is 1. The molecule has 0 fully saturated rings. The first-order chi connectivity index (χ1) is 10.8. The summed E-state index contributed by atoms with van der Waals surface area (Å²) >= 11 is 0. The van der Waals surface area contributed by atoms with Crippen molar-refractivity contribution in [3.8, 4) is 5.82 Å². The lowest BCUT2D eigenvalue weighted by molar-refractivity contribution is 0.0952. The van der Waals surface area contributed by atoms with Crippen LogP contribution in [0.1, 0.15) is 16.8 Å². The maximum atomic E-state index is 12.3. The number of aryl methyl sites for hydroxylation is 2. The molecule has 0 bridgehead atoms. The predicted molar refractivity (Wildman–Crippen MR) is 81.7 cm³/mol. The summed E-state index contributed by atoms with van der Waals surface area (Å²) in [7, 11) is 1.82. The minimum atomic E-state index is -0.109. The second-order valence-corrected chi connectivity index (χ2v) is 5.01. The first kappa shape index (κ1) is 14.1. The molecule has 1 N–H and O–H groups in total. The highest BCUT2D eigenvalue weighted by Gasteiger charge is 2.16. The lowest BCUT2D eigenvalue weighted by Gasteiger charge is -2.08. The summed E-state index contributed by atoms with van der Waals surface area (Å²) < 4.78 is 5.56. The first-order valence-corrected chi connectivity index (χ1v) is 7.15. The molecule has 0 aromatic carbocycles. The smallest absolute Gasteiger partial charge is 0.256 e. The largest absolute Gasteiger partial charge is 0.352 e. The van der Waals surface area contributed by atoms with Crippen molar-refractivity contribution in [1.82, 2.24) is 29.2 Å². The maximum Gasteiger partial charge on any atom is 0.256 e. The zero-order valence-corrected chi connectivity index (χ0v) is 12.4. The van der Waals surface area contributed by atoms with Crippen LogP contribution in [0.25, 0.3) is 5.82 Å². The van der Waals surface area contributed by atoms with Gasteiger partial charge in [-0.3, -0.25) is 9.48 Å². The highest BCUT2D eigenvalue weighted by molar-refractivity contribution is 5.97. The fraction of sp³-hybridized carbons (Fsp3) is 0.267. The molecule has 3 aromatic heterocycles. The van der Waals surface area contributed by atoms with Crippen LogP contribution in [0.3, 0.4) is 0 Å². The molecule has 0 aliphatic carbocycles. The number of nitrogens with one attached hydrogen (secondary N) is 1. The second kappa shape index (κ2) is 6.30. The molecule has 22 heavy (non-hydrogen) atoms. The van der Waals surface area contributed by atoms with Crippen LogP contribution in [0.2, 0.25) is 0 Å². The van der Waals surface area contributed by atoms with E-state index in [0.717, 1.165) is 18.8 Å². The van der Waals surface area contributed by atoms with Gasteiger partial charge in [0.1, 0.15) is 11.4 Å². The zero-order chi connectivity index (χ0) is 15.4. The number of hydrogen-bond acceptors (Lipinski definition) is 3. The molecule has 0 atom stereocenters. The summed E-state index contributed by atoms with van der Waals surface area (Å²) in [6, 6.07) is 3.83. The molecule has 0 saturated carbocycles. The molecule has 0 saturated heterocycles. The molecule has 0 spiro atoms. The van der Waals surface area contributed by atoms with E-state index in [-0.39, 0.29) is 5.91 Å². The molecule has 1 amide bonds. The van der Waals surface area contributed by atoms with E-state index in [0.29, 0.717) is 12.1 Å². The Morgan fingerprint density at radius 1 is 1.27 bits per heavy atom. The van der Waals surface area contributed by atoms with Gasteiger partial charge < -0.3 is 14.5 Å². The van der Waals surface area contributed by atoms with Crippen LogP contribution in [0.15, 0.2) is 49.4 Å². The van der Waals surface area contributed by atoms with Crippen LogP contribution in [-0.2, 0) is 13.6 Å². The average molecular weight is 298 g/mol. The summed E-state index contributed by atoms with van der Waals surface area (Å²) in [5, 5.41) is 7.12. The van der Waals surface area contributed by atoms with Crippen molar-refractivity contribution in [2.24, 2.45) is 7.05 Å². The van der Waals surface area contributed by atoms with Crippen LogP contribution in [0.5, 0.6) is 0 Å². The topological polar surface area (TPSA) is 69.7 Å². The van der Waals surface area contributed by atoms with Gasteiger partial charge in [-0.1, -0.05) is 0 Å². The van der Waals surface area contributed by atoms with Crippen LogP contribution in [0, 0.1) is 0 Å². The van der Waals surface area contributed by atoms with Crippen molar-refractivity contribution < 1.29 is 4.79 Å². The molecule has 0 radical (unpaired) electrons. The van der Waals surface area contributed by atoms with Crippen LogP contribution < -0.4 is 5.32 Å². The Kier molecular flexibility index (Phi) is 4.04.